The number of benzene rings is 1. The SMILES string of the molecule is COc1cccc2c1CCC2Nc1cccnc1. The molecular formula is C15H16N2O. The van der Waals surface area contributed by atoms with E-state index in [2.05, 4.69) is 22.4 Å². The molecule has 0 amide bonds. The Morgan fingerprint density at radius 1 is 1.28 bits per heavy atom. The molecule has 1 N–H and O–H groups in total. The molecule has 18 heavy (non-hydrogen) atoms. The van der Waals surface area contributed by atoms with E-state index < -0.39 is 0 Å². The maximum absolute atomic E-state index is 5.42. The first-order valence-electron chi connectivity index (χ1n) is 6.21. The summed E-state index contributed by atoms with van der Waals surface area (Å²) in [5.41, 5.74) is 3.75. The maximum Gasteiger partial charge on any atom is 0.122 e. The van der Waals surface area contributed by atoms with Gasteiger partial charge in [0, 0.05) is 12.4 Å². The van der Waals surface area contributed by atoms with Crippen LogP contribution in [0.15, 0.2) is 42.7 Å². The molecule has 92 valence electrons. The first-order chi connectivity index (χ1) is 8.88. The van der Waals surface area contributed by atoms with E-state index in [1.807, 2.05) is 24.4 Å². The molecule has 1 aliphatic carbocycles. The van der Waals surface area contributed by atoms with Crippen molar-refractivity contribution in [2.75, 3.05) is 12.4 Å². The molecule has 1 heterocycles. The van der Waals surface area contributed by atoms with Crippen LogP contribution in [0.5, 0.6) is 5.75 Å². The molecular weight excluding hydrogens is 224 g/mol. The summed E-state index contributed by atoms with van der Waals surface area (Å²) in [7, 11) is 1.73. The molecule has 3 heteroatoms. The lowest BCUT2D eigenvalue weighted by Crippen LogP contribution is -2.07. The number of anilines is 1. The molecule has 1 unspecified atom stereocenters. The van der Waals surface area contributed by atoms with E-state index >= 15 is 0 Å². The summed E-state index contributed by atoms with van der Waals surface area (Å²) in [6.07, 6.45) is 5.82. The summed E-state index contributed by atoms with van der Waals surface area (Å²) < 4.78 is 5.42. The highest BCUT2D eigenvalue weighted by molar-refractivity contribution is 5.50. The Morgan fingerprint density at radius 2 is 2.22 bits per heavy atom. The lowest BCUT2D eigenvalue weighted by molar-refractivity contribution is 0.410. The van der Waals surface area contributed by atoms with E-state index in [4.69, 9.17) is 4.74 Å². The Bertz CT molecular complexity index is 539. The van der Waals surface area contributed by atoms with Gasteiger partial charge in [-0.1, -0.05) is 12.1 Å². The van der Waals surface area contributed by atoms with Gasteiger partial charge < -0.3 is 10.1 Å². The van der Waals surface area contributed by atoms with Crippen molar-refractivity contribution in [3.63, 3.8) is 0 Å². The normalized spacial score (nSPS) is 17.3. The standard InChI is InChI=1S/C15H16N2O/c1-18-15-6-2-5-12-13(15)7-8-14(12)17-11-4-3-9-16-10-11/h2-6,9-10,14,17H,7-8H2,1H3. The van der Waals surface area contributed by atoms with Crippen LogP contribution in [-0.4, -0.2) is 12.1 Å². The number of aromatic nitrogens is 1. The number of methoxy groups -OCH3 is 1. The molecule has 3 rings (SSSR count). The Morgan fingerprint density at radius 3 is 3.00 bits per heavy atom. The van der Waals surface area contributed by atoms with Gasteiger partial charge in [-0.05, 0) is 42.2 Å². The lowest BCUT2D eigenvalue weighted by Gasteiger charge is -2.15. The van der Waals surface area contributed by atoms with E-state index in [9.17, 15) is 0 Å². The third-order valence-corrected chi connectivity index (χ3v) is 3.45. The van der Waals surface area contributed by atoms with Gasteiger partial charge in [-0.15, -0.1) is 0 Å². The molecule has 0 fully saturated rings. The number of hydrogen-bond donors (Lipinski definition) is 1. The van der Waals surface area contributed by atoms with Crippen molar-refractivity contribution in [3.05, 3.63) is 53.9 Å². The van der Waals surface area contributed by atoms with E-state index in [0.717, 1.165) is 24.3 Å². The zero-order valence-corrected chi connectivity index (χ0v) is 10.4. The van der Waals surface area contributed by atoms with E-state index in [-0.39, 0.29) is 0 Å². The number of rotatable bonds is 3. The van der Waals surface area contributed by atoms with Gasteiger partial charge in [0.25, 0.3) is 0 Å². The van der Waals surface area contributed by atoms with Gasteiger partial charge in [-0.3, -0.25) is 4.98 Å². The van der Waals surface area contributed by atoms with Crippen molar-refractivity contribution in [2.24, 2.45) is 0 Å². The molecule has 0 saturated carbocycles. The monoisotopic (exact) mass is 240 g/mol. The van der Waals surface area contributed by atoms with Crippen LogP contribution in [0.2, 0.25) is 0 Å². The summed E-state index contributed by atoms with van der Waals surface area (Å²) in [5, 5.41) is 3.53. The second-order valence-electron chi connectivity index (χ2n) is 4.51. The highest BCUT2D eigenvalue weighted by Crippen LogP contribution is 2.38. The van der Waals surface area contributed by atoms with Crippen LogP contribution in [0.4, 0.5) is 5.69 Å². The van der Waals surface area contributed by atoms with E-state index in [1.165, 1.54) is 11.1 Å². The molecule has 0 radical (unpaired) electrons. The highest BCUT2D eigenvalue weighted by Gasteiger charge is 2.24. The minimum atomic E-state index is 0.360. The summed E-state index contributed by atoms with van der Waals surface area (Å²) in [6.45, 7) is 0. The Hall–Kier alpha value is -2.03. The predicted octanol–water partition coefficient (Wildman–Crippen LogP) is 3.19. The Labute approximate surface area is 107 Å². The molecule has 1 aromatic heterocycles. The molecule has 1 aromatic carbocycles. The van der Waals surface area contributed by atoms with Crippen LogP contribution in [0.1, 0.15) is 23.6 Å². The van der Waals surface area contributed by atoms with Crippen molar-refractivity contribution >= 4 is 5.69 Å². The minimum Gasteiger partial charge on any atom is -0.496 e. The molecule has 0 bridgehead atoms. The first kappa shape index (κ1) is 11.1. The third-order valence-electron chi connectivity index (χ3n) is 3.45. The van der Waals surface area contributed by atoms with Crippen molar-refractivity contribution in [2.45, 2.75) is 18.9 Å². The van der Waals surface area contributed by atoms with Gasteiger partial charge in [0.05, 0.1) is 18.8 Å². The Kier molecular flexibility index (Phi) is 2.89. The summed E-state index contributed by atoms with van der Waals surface area (Å²) in [6, 6.07) is 10.6. The lowest BCUT2D eigenvalue weighted by atomic mass is 10.1. The zero-order chi connectivity index (χ0) is 12.4. The fraction of sp³-hybridized carbons (Fsp3) is 0.267. The molecule has 0 saturated heterocycles. The quantitative estimate of drug-likeness (QED) is 0.894. The molecule has 1 atom stereocenters. The van der Waals surface area contributed by atoms with Crippen LogP contribution in [0.3, 0.4) is 0 Å². The van der Waals surface area contributed by atoms with Gasteiger partial charge >= 0.3 is 0 Å². The third kappa shape index (κ3) is 1.92. The highest BCUT2D eigenvalue weighted by atomic mass is 16.5. The average molecular weight is 240 g/mol. The molecule has 2 aromatic rings. The van der Waals surface area contributed by atoms with Gasteiger partial charge in [0.2, 0.25) is 0 Å². The zero-order valence-electron chi connectivity index (χ0n) is 10.4. The number of fused-ring (bicyclic) bond motifs is 1. The smallest absolute Gasteiger partial charge is 0.122 e. The van der Waals surface area contributed by atoms with Crippen LogP contribution < -0.4 is 10.1 Å². The number of ether oxygens (including phenoxy) is 1. The average Bonchev–Trinajstić information content (AvgIpc) is 2.83. The summed E-state index contributed by atoms with van der Waals surface area (Å²) >= 11 is 0. The van der Waals surface area contributed by atoms with E-state index in [1.54, 1.807) is 13.3 Å². The summed E-state index contributed by atoms with van der Waals surface area (Å²) in [5.74, 6) is 1.00. The molecule has 0 spiro atoms. The van der Waals surface area contributed by atoms with Gasteiger partial charge in [0.1, 0.15) is 5.75 Å². The molecule has 0 aliphatic heterocycles. The molecule has 3 nitrogen and oxygen atoms in total. The van der Waals surface area contributed by atoms with Gasteiger partial charge in [-0.25, -0.2) is 0 Å². The van der Waals surface area contributed by atoms with Gasteiger partial charge in [-0.2, -0.15) is 0 Å². The van der Waals surface area contributed by atoms with Crippen molar-refractivity contribution in [3.8, 4) is 5.75 Å². The first-order valence-corrected chi connectivity index (χ1v) is 6.21. The van der Waals surface area contributed by atoms with Crippen molar-refractivity contribution in [1.82, 2.24) is 4.98 Å². The number of nitrogens with one attached hydrogen (secondary N) is 1. The van der Waals surface area contributed by atoms with E-state index in [0.29, 0.717) is 6.04 Å². The van der Waals surface area contributed by atoms with Crippen LogP contribution in [0.25, 0.3) is 0 Å². The second kappa shape index (κ2) is 4.69. The van der Waals surface area contributed by atoms with Crippen LogP contribution in [-0.2, 0) is 6.42 Å². The minimum absolute atomic E-state index is 0.360. The van der Waals surface area contributed by atoms with Gasteiger partial charge in [0.15, 0.2) is 0 Å². The number of nitrogens with zero attached hydrogens (tertiary/aromatic N) is 1. The maximum atomic E-state index is 5.42. The Balaban J connectivity index is 1.87. The predicted molar refractivity (Wildman–Crippen MR) is 71.9 cm³/mol. The summed E-state index contributed by atoms with van der Waals surface area (Å²) in [4.78, 5) is 4.13. The largest absolute Gasteiger partial charge is 0.496 e. The fourth-order valence-corrected chi connectivity index (χ4v) is 2.61. The van der Waals surface area contributed by atoms with Crippen LogP contribution >= 0.6 is 0 Å². The topological polar surface area (TPSA) is 34.1 Å². The molecule has 1 aliphatic rings. The second-order valence-corrected chi connectivity index (χ2v) is 4.51. The number of pyridine rings is 1. The van der Waals surface area contributed by atoms with Crippen LogP contribution in [0, 0.1) is 0 Å². The fourth-order valence-electron chi connectivity index (χ4n) is 2.61. The van der Waals surface area contributed by atoms with Crippen molar-refractivity contribution in [1.29, 1.82) is 0 Å². The number of hydrogen-bond acceptors (Lipinski definition) is 3. The van der Waals surface area contributed by atoms with Crippen molar-refractivity contribution < 1.29 is 4.74 Å².